The van der Waals surface area contributed by atoms with Crippen LogP contribution in [-0.2, 0) is 13.0 Å². The van der Waals surface area contributed by atoms with Crippen LogP contribution in [0.15, 0.2) is 30.6 Å². The first-order valence-corrected chi connectivity index (χ1v) is 8.79. The van der Waals surface area contributed by atoms with Crippen molar-refractivity contribution in [2.75, 3.05) is 29.4 Å². The fourth-order valence-electron chi connectivity index (χ4n) is 3.66. The molecule has 2 aromatic rings. The van der Waals surface area contributed by atoms with Crippen molar-refractivity contribution in [1.29, 1.82) is 0 Å². The first kappa shape index (κ1) is 15.8. The van der Waals surface area contributed by atoms with Crippen molar-refractivity contribution < 1.29 is 4.92 Å². The van der Waals surface area contributed by atoms with Crippen molar-refractivity contribution in [3.05, 3.63) is 51.8 Å². The van der Waals surface area contributed by atoms with Gasteiger partial charge < -0.3 is 9.80 Å². The summed E-state index contributed by atoms with van der Waals surface area (Å²) in [5.74, 6) is 1.88. The predicted molar refractivity (Wildman–Crippen MR) is 95.9 cm³/mol. The highest BCUT2D eigenvalue weighted by atomic mass is 16.6. The first-order chi connectivity index (χ1) is 12.2. The lowest BCUT2D eigenvalue weighted by Gasteiger charge is -2.31. The maximum atomic E-state index is 11.0. The summed E-state index contributed by atoms with van der Waals surface area (Å²) >= 11 is 0. The highest BCUT2D eigenvalue weighted by molar-refractivity contribution is 5.53. The second kappa shape index (κ2) is 6.66. The first-order valence-electron chi connectivity index (χ1n) is 8.79. The van der Waals surface area contributed by atoms with Crippen LogP contribution in [0, 0.1) is 10.1 Å². The number of anilines is 2. The summed E-state index contributed by atoms with van der Waals surface area (Å²) in [5.41, 5.74) is 2.35. The molecule has 130 valence electrons. The van der Waals surface area contributed by atoms with Gasteiger partial charge in [0.1, 0.15) is 18.0 Å². The van der Waals surface area contributed by atoms with Crippen LogP contribution in [0.1, 0.15) is 30.4 Å². The number of hydrogen-bond donors (Lipinski definition) is 0. The standard InChI is InChI=1S/C18H21N5O2/c24-23(25)16-5-4-14-6-9-22(12-15(14)10-16)18-11-17(19-13-20-18)21-7-2-1-3-8-21/h4-5,10-11,13H,1-3,6-9,12H2. The fraction of sp³-hybridized carbons (Fsp3) is 0.444. The van der Waals surface area contributed by atoms with Crippen LogP contribution < -0.4 is 9.80 Å². The molecule has 0 aliphatic carbocycles. The summed E-state index contributed by atoms with van der Waals surface area (Å²) < 4.78 is 0. The van der Waals surface area contributed by atoms with E-state index in [1.165, 1.54) is 24.8 Å². The minimum absolute atomic E-state index is 0.150. The van der Waals surface area contributed by atoms with Gasteiger partial charge in [-0.05, 0) is 36.8 Å². The Hall–Kier alpha value is -2.70. The molecule has 0 unspecified atom stereocenters. The maximum absolute atomic E-state index is 11.0. The Labute approximate surface area is 146 Å². The number of rotatable bonds is 3. The van der Waals surface area contributed by atoms with Gasteiger partial charge in [-0.2, -0.15) is 0 Å². The number of benzene rings is 1. The maximum Gasteiger partial charge on any atom is 0.269 e. The number of fused-ring (bicyclic) bond motifs is 1. The Morgan fingerprint density at radius 3 is 2.44 bits per heavy atom. The minimum Gasteiger partial charge on any atom is -0.356 e. The Kier molecular flexibility index (Phi) is 4.21. The number of aromatic nitrogens is 2. The number of non-ortho nitro benzene ring substituents is 1. The van der Waals surface area contributed by atoms with Gasteiger partial charge in [-0.25, -0.2) is 9.97 Å². The van der Waals surface area contributed by atoms with Crippen molar-refractivity contribution >= 4 is 17.3 Å². The highest BCUT2D eigenvalue weighted by Crippen LogP contribution is 2.28. The normalized spacial score (nSPS) is 17.3. The molecule has 3 heterocycles. The van der Waals surface area contributed by atoms with Crippen molar-refractivity contribution in [1.82, 2.24) is 9.97 Å². The molecule has 0 radical (unpaired) electrons. The molecular formula is C18H21N5O2. The lowest BCUT2D eigenvalue weighted by molar-refractivity contribution is -0.384. The summed E-state index contributed by atoms with van der Waals surface area (Å²) in [6.45, 7) is 3.60. The Balaban J connectivity index is 1.57. The second-order valence-corrected chi connectivity index (χ2v) is 6.66. The Morgan fingerprint density at radius 1 is 0.920 bits per heavy atom. The Bertz CT molecular complexity index is 789. The summed E-state index contributed by atoms with van der Waals surface area (Å²) in [6.07, 6.45) is 6.20. The third kappa shape index (κ3) is 3.26. The van der Waals surface area contributed by atoms with Crippen LogP contribution in [0.2, 0.25) is 0 Å². The zero-order chi connectivity index (χ0) is 17.2. The molecule has 0 spiro atoms. The van der Waals surface area contributed by atoms with Crippen LogP contribution in [0.25, 0.3) is 0 Å². The average molecular weight is 339 g/mol. The lowest BCUT2D eigenvalue weighted by atomic mass is 9.99. The van der Waals surface area contributed by atoms with Crippen LogP contribution in [0.5, 0.6) is 0 Å². The number of nitro benzene ring substituents is 1. The molecule has 1 aromatic carbocycles. The third-order valence-electron chi connectivity index (χ3n) is 5.06. The van der Waals surface area contributed by atoms with E-state index in [0.29, 0.717) is 6.54 Å². The van der Waals surface area contributed by atoms with Gasteiger partial charge in [0.05, 0.1) is 4.92 Å². The monoisotopic (exact) mass is 339 g/mol. The van der Waals surface area contributed by atoms with Crippen molar-refractivity contribution in [3.8, 4) is 0 Å². The predicted octanol–water partition coefficient (Wildman–Crippen LogP) is 2.94. The van der Waals surface area contributed by atoms with E-state index in [2.05, 4.69) is 19.8 Å². The molecule has 0 bridgehead atoms. The number of hydrogen-bond acceptors (Lipinski definition) is 6. The topological polar surface area (TPSA) is 75.4 Å². The van der Waals surface area contributed by atoms with E-state index in [4.69, 9.17) is 0 Å². The molecule has 2 aliphatic rings. The van der Waals surface area contributed by atoms with Crippen molar-refractivity contribution in [2.24, 2.45) is 0 Å². The highest BCUT2D eigenvalue weighted by Gasteiger charge is 2.21. The van der Waals surface area contributed by atoms with Crippen LogP contribution in [0.3, 0.4) is 0 Å². The van der Waals surface area contributed by atoms with E-state index in [9.17, 15) is 10.1 Å². The van der Waals surface area contributed by atoms with E-state index < -0.39 is 0 Å². The number of piperidine rings is 1. The molecule has 7 nitrogen and oxygen atoms in total. The van der Waals surface area contributed by atoms with Gasteiger partial charge in [0.2, 0.25) is 0 Å². The summed E-state index contributed by atoms with van der Waals surface area (Å²) in [7, 11) is 0. The molecule has 25 heavy (non-hydrogen) atoms. The summed E-state index contributed by atoms with van der Waals surface area (Å²) in [4.78, 5) is 24.1. The zero-order valence-electron chi connectivity index (χ0n) is 14.1. The summed E-state index contributed by atoms with van der Waals surface area (Å²) in [5, 5.41) is 11.0. The molecule has 1 aromatic heterocycles. The van der Waals surface area contributed by atoms with Crippen LogP contribution in [0.4, 0.5) is 17.3 Å². The smallest absolute Gasteiger partial charge is 0.269 e. The van der Waals surface area contributed by atoms with Gasteiger partial charge in [0.15, 0.2) is 0 Å². The second-order valence-electron chi connectivity index (χ2n) is 6.66. The molecule has 1 fully saturated rings. The number of nitro groups is 1. The van der Waals surface area contributed by atoms with E-state index in [1.54, 1.807) is 18.5 Å². The third-order valence-corrected chi connectivity index (χ3v) is 5.06. The number of nitrogens with zero attached hydrogens (tertiary/aromatic N) is 5. The van der Waals surface area contributed by atoms with Gasteiger partial charge >= 0.3 is 0 Å². The van der Waals surface area contributed by atoms with E-state index in [1.807, 2.05) is 12.1 Å². The van der Waals surface area contributed by atoms with Gasteiger partial charge in [-0.1, -0.05) is 6.07 Å². The molecule has 7 heteroatoms. The van der Waals surface area contributed by atoms with Crippen LogP contribution >= 0.6 is 0 Å². The van der Waals surface area contributed by atoms with E-state index in [0.717, 1.165) is 43.3 Å². The molecule has 4 rings (SSSR count). The minimum atomic E-state index is -0.335. The SMILES string of the molecule is O=[N+]([O-])c1ccc2c(c1)CN(c1cc(N3CCCCC3)ncn1)CC2. The Morgan fingerprint density at radius 2 is 1.68 bits per heavy atom. The molecule has 0 saturated carbocycles. The quantitative estimate of drug-likeness (QED) is 0.632. The lowest BCUT2D eigenvalue weighted by Crippen LogP contribution is -2.33. The molecule has 1 saturated heterocycles. The molecule has 2 aliphatic heterocycles. The van der Waals surface area contributed by atoms with Gasteiger partial charge in [-0.15, -0.1) is 0 Å². The van der Waals surface area contributed by atoms with E-state index in [-0.39, 0.29) is 10.6 Å². The largest absolute Gasteiger partial charge is 0.356 e. The van der Waals surface area contributed by atoms with Gasteiger partial charge in [0, 0.05) is 44.4 Å². The van der Waals surface area contributed by atoms with E-state index >= 15 is 0 Å². The van der Waals surface area contributed by atoms with Gasteiger partial charge in [-0.3, -0.25) is 10.1 Å². The fourth-order valence-corrected chi connectivity index (χ4v) is 3.66. The molecule has 0 atom stereocenters. The molecule has 0 amide bonds. The van der Waals surface area contributed by atoms with Crippen molar-refractivity contribution in [3.63, 3.8) is 0 Å². The average Bonchev–Trinajstić information content (AvgIpc) is 2.68. The molecular weight excluding hydrogens is 318 g/mol. The van der Waals surface area contributed by atoms with Crippen LogP contribution in [-0.4, -0.2) is 34.5 Å². The van der Waals surface area contributed by atoms with Gasteiger partial charge in [0.25, 0.3) is 5.69 Å². The summed E-state index contributed by atoms with van der Waals surface area (Å²) in [6, 6.07) is 7.21. The molecule has 0 N–H and O–H groups in total. The zero-order valence-corrected chi connectivity index (χ0v) is 14.1. The van der Waals surface area contributed by atoms with Crippen molar-refractivity contribution in [2.45, 2.75) is 32.2 Å².